The fraction of sp³-hybridized carbons (Fsp3) is 0.381. The summed E-state index contributed by atoms with van der Waals surface area (Å²) >= 11 is 0. The van der Waals surface area contributed by atoms with E-state index >= 15 is 0 Å². The molecule has 2 aromatic carbocycles. The quantitative estimate of drug-likeness (QED) is 0.745. The number of likely N-dealkylation sites (tertiary alicyclic amines) is 1. The summed E-state index contributed by atoms with van der Waals surface area (Å²) in [6.45, 7) is 2.03. The molecule has 1 unspecified atom stereocenters. The second-order valence-corrected chi connectivity index (χ2v) is 9.25. The van der Waals surface area contributed by atoms with E-state index in [-0.39, 0.29) is 28.2 Å². The molecule has 1 fully saturated rings. The Balaban J connectivity index is 1.67. The number of amides is 1. The lowest BCUT2D eigenvalue weighted by atomic mass is 10.1. The molecule has 29 heavy (non-hydrogen) atoms. The molecule has 0 aromatic heterocycles. The first-order valence-electron chi connectivity index (χ1n) is 9.42. The van der Waals surface area contributed by atoms with E-state index in [4.69, 9.17) is 4.74 Å². The van der Waals surface area contributed by atoms with Crippen molar-refractivity contribution in [3.63, 3.8) is 0 Å². The van der Waals surface area contributed by atoms with Gasteiger partial charge in [0.25, 0.3) is 5.91 Å². The summed E-state index contributed by atoms with van der Waals surface area (Å²) in [5.41, 5.74) is 1.21. The minimum atomic E-state index is -3.43. The van der Waals surface area contributed by atoms with Gasteiger partial charge in [0.05, 0.1) is 17.6 Å². The number of methoxy groups -OCH3 is 1. The van der Waals surface area contributed by atoms with Gasteiger partial charge in [-0.3, -0.25) is 9.69 Å². The number of carbonyl (C=O) groups is 1. The van der Waals surface area contributed by atoms with Crippen LogP contribution in [0.15, 0.2) is 47.4 Å². The number of benzene rings is 2. The molecule has 1 amide bonds. The number of halogens is 1. The van der Waals surface area contributed by atoms with Crippen molar-refractivity contribution < 1.29 is 22.3 Å². The number of hydrogen-bond donors (Lipinski definition) is 1. The van der Waals surface area contributed by atoms with Crippen LogP contribution in [0.3, 0.4) is 0 Å². The average molecular weight is 421 g/mol. The monoisotopic (exact) mass is 420 g/mol. The second kappa shape index (κ2) is 8.92. The maximum absolute atomic E-state index is 13.1. The van der Waals surface area contributed by atoms with E-state index in [1.807, 2.05) is 0 Å². The average Bonchev–Trinajstić information content (AvgIpc) is 3.13. The van der Waals surface area contributed by atoms with Gasteiger partial charge in [0.2, 0.25) is 0 Å². The summed E-state index contributed by atoms with van der Waals surface area (Å²) in [5.74, 6) is -0.310. The lowest BCUT2D eigenvalue weighted by Gasteiger charge is -2.25. The number of carbonyl (C=O) groups excluding carboxylic acids is 1. The van der Waals surface area contributed by atoms with Gasteiger partial charge in [-0.25, -0.2) is 12.8 Å². The Morgan fingerprint density at radius 1 is 1.24 bits per heavy atom. The predicted octanol–water partition coefficient (Wildman–Crippen LogP) is 2.63. The summed E-state index contributed by atoms with van der Waals surface area (Å²) < 4.78 is 41.9. The summed E-state index contributed by atoms with van der Waals surface area (Å²) in [6.07, 6.45) is 3.07. The van der Waals surface area contributed by atoms with Crippen LogP contribution >= 0.6 is 0 Å². The van der Waals surface area contributed by atoms with Gasteiger partial charge in [-0.15, -0.1) is 0 Å². The smallest absolute Gasteiger partial charge is 0.255 e. The number of ether oxygens (including phenoxy) is 1. The van der Waals surface area contributed by atoms with Crippen molar-refractivity contribution in [3.8, 4) is 5.75 Å². The molecule has 0 radical (unpaired) electrons. The molecule has 0 bridgehead atoms. The molecular formula is C21H25FN2O4S. The largest absolute Gasteiger partial charge is 0.496 e. The Morgan fingerprint density at radius 3 is 2.62 bits per heavy atom. The van der Waals surface area contributed by atoms with Crippen LogP contribution in [-0.4, -0.2) is 51.7 Å². The third-order valence-electron chi connectivity index (χ3n) is 5.14. The van der Waals surface area contributed by atoms with Crippen LogP contribution in [0.25, 0.3) is 0 Å². The second-order valence-electron chi connectivity index (χ2n) is 7.24. The summed E-state index contributed by atoms with van der Waals surface area (Å²) in [6, 6.07) is 10.8. The van der Waals surface area contributed by atoms with Crippen molar-refractivity contribution in [2.75, 3.05) is 26.5 Å². The first-order chi connectivity index (χ1) is 13.8. The molecule has 1 aliphatic heterocycles. The number of nitrogens with one attached hydrogen (secondary N) is 1. The molecule has 3 rings (SSSR count). The first kappa shape index (κ1) is 21.3. The van der Waals surface area contributed by atoms with Gasteiger partial charge in [-0.05, 0) is 55.3 Å². The standard InChI is InChI=1S/C21H25FN2O4S/c1-28-20-10-9-18(29(2,26)27)12-19(20)21(25)23-13-17-4-3-11-24(17)14-15-5-7-16(22)8-6-15/h5-10,12,17H,3-4,11,13-14H2,1-2H3,(H,23,25). The topological polar surface area (TPSA) is 75.7 Å². The SMILES string of the molecule is COc1ccc(S(C)(=O)=O)cc1C(=O)NCC1CCCN1Cc1ccc(F)cc1. The Hall–Kier alpha value is -2.45. The molecule has 156 valence electrons. The highest BCUT2D eigenvalue weighted by molar-refractivity contribution is 7.90. The molecular weight excluding hydrogens is 395 g/mol. The van der Waals surface area contributed by atoms with Crippen LogP contribution in [0.5, 0.6) is 5.75 Å². The minimum Gasteiger partial charge on any atom is -0.496 e. The van der Waals surface area contributed by atoms with E-state index < -0.39 is 9.84 Å². The number of hydrogen-bond acceptors (Lipinski definition) is 5. The predicted molar refractivity (Wildman–Crippen MR) is 108 cm³/mol. The van der Waals surface area contributed by atoms with Crippen molar-refractivity contribution >= 4 is 15.7 Å². The normalized spacial score (nSPS) is 17.3. The number of rotatable bonds is 7. The van der Waals surface area contributed by atoms with Gasteiger partial charge in [-0.2, -0.15) is 0 Å². The lowest BCUT2D eigenvalue weighted by Crippen LogP contribution is -2.40. The maximum Gasteiger partial charge on any atom is 0.255 e. The zero-order valence-electron chi connectivity index (χ0n) is 16.5. The van der Waals surface area contributed by atoms with Crippen LogP contribution in [0.1, 0.15) is 28.8 Å². The van der Waals surface area contributed by atoms with E-state index in [0.29, 0.717) is 18.8 Å². The van der Waals surface area contributed by atoms with Gasteiger partial charge >= 0.3 is 0 Å². The van der Waals surface area contributed by atoms with Crippen LogP contribution in [0.2, 0.25) is 0 Å². The van der Waals surface area contributed by atoms with E-state index in [0.717, 1.165) is 31.2 Å². The van der Waals surface area contributed by atoms with E-state index in [1.54, 1.807) is 12.1 Å². The van der Waals surface area contributed by atoms with Crippen LogP contribution in [-0.2, 0) is 16.4 Å². The number of nitrogens with zero attached hydrogens (tertiary/aromatic N) is 1. The minimum absolute atomic E-state index is 0.0715. The van der Waals surface area contributed by atoms with Crippen molar-refractivity contribution in [3.05, 3.63) is 59.4 Å². The lowest BCUT2D eigenvalue weighted by molar-refractivity contribution is 0.0936. The van der Waals surface area contributed by atoms with Crippen LogP contribution in [0.4, 0.5) is 4.39 Å². The molecule has 6 nitrogen and oxygen atoms in total. The highest BCUT2D eigenvalue weighted by atomic mass is 32.2. The third kappa shape index (κ3) is 5.33. The van der Waals surface area contributed by atoms with Crippen molar-refractivity contribution in [1.29, 1.82) is 0 Å². The van der Waals surface area contributed by atoms with Crippen LogP contribution < -0.4 is 10.1 Å². The molecule has 2 aromatic rings. The maximum atomic E-state index is 13.1. The zero-order valence-corrected chi connectivity index (χ0v) is 17.3. The molecule has 8 heteroatoms. The Morgan fingerprint density at radius 2 is 1.97 bits per heavy atom. The fourth-order valence-electron chi connectivity index (χ4n) is 3.56. The van der Waals surface area contributed by atoms with Gasteiger partial charge in [0.15, 0.2) is 9.84 Å². The van der Waals surface area contributed by atoms with Crippen LogP contribution in [0, 0.1) is 5.82 Å². The van der Waals surface area contributed by atoms with Gasteiger partial charge in [-0.1, -0.05) is 12.1 Å². The molecule has 0 aliphatic carbocycles. The molecule has 1 saturated heterocycles. The van der Waals surface area contributed by atoms with E-state index in [2.05, 4.69) is 10.2 Å². The summed E-state index contributed by atoms with van der Waals surface area (Å²) in [7, 11) is -1.99. The van der Waals surface area contributed by atoms with Crippen molar-refractivity contribution in [2.45, 2.75) is 30.3 Å². The van der Waals surface area contributed by atoms with E-state index in [9.17, 15) is 17.6 Å². The third-order valence-corrected chi connectivity index (χ3v) is 6.25. The fourth-order valence-corrected chi connectivity index (χ4v) is 4.21. The Bertz CT molecular complexity index is 977. The molecule has 1 heterocycles. The molecule has 1 atom stereocenters. The summed E-state index contributed by atoms with van der Waals surface area (Å²) in [5, 5.41) is 2.90. The summed E-state index contributed by atoms with van der Waals surface area (Å²) in [4.78, 5) is 15.0. The zero-order chi connectivity index (χ0) is 21.0. The molecule has 1 N–H and O–H groups in total. The first-order valence-corrected chi connectivity index (χ1v) is 11.3. The van der Waals surface area contributed by atoms with Gasteiger partial charge < -0.3 is 10.1 Å². The highest BCUT2D eigenvalue weighted by Gasteiger charge is 2.26. The molecule has 0 saturated carbocycles. The Kier molecular flexibility index (Phi) is 6.54. The van der Waals surface area contributed by atoms with E-state index in [1.165, 1.54) is 37.4 Å². The van der Waals surface area contributed by atoms with Gasteiger partial charge in [0, 0.05) is 25.4 Å². The van der Waals surface area contributed by atoms with Crippen molar-refractivity contribution in [2.24, 2.45) is 0 Å². The van der Waals surface area contributed by atoms with Crippen molar-refractivity contribution in [1.82, 2.24) is 10.2 Å². The molecule has 0 spiro atoms. The van der Waals surface area contributed by atoms with Gasteiger partial charge in [0.1, 0.15) is 11.6 Å². The molecule has 1 aliphatic rings. The highest BCUT2D eigenvalue weighted by Crippen LogP contribution is 2.23. The Labute approximate surface area is 170 Å². The number of sulfone groups is 1.